The van der Waals surface area contributed by atoms with Crippen LogP contribution in [0.2, 0.25) is 0 Å². The summed E-state index contributed by atoms with van der Waals surface area (Å²) in [6.45, 7) is 8.74. The number of amides is 1. The average molecular weight is 440 g/mol. The second-order valence-corrected chi connectivity index (χ2v) is 9.32. The number of nitrogens with one attached hydrogen (secondary N) is 1. The minimum atomic E-state index is -1.14. The molecule has 3 heterocycles. The van der Waals surface area contributed by atoms with E-state index in [0.29, 0.717) is 26.1 Å². The molecule has 0 radical (unpaired) electrons. The van der Waals surface area contributed by atoms with Gasteiger partial charge in [-0.25, -0.2) is 14.2 Å². The van der Waals surface area contributed by atoms with E-state index in [0.717, 1.165) is 28.2 Å². The highest BCUT2D eigenvalue weighted by Gasteiger charge is 2.33. The van der Waals surface area contributed by atoms with Gasteiger partial charge in [0.05, 0.1) is 29.3 Å². The minimum absolute atomic E-state index is 0.298. The molecule has 0 spiro atoms. The molecule has 8 heteroatoms. The summed E-state index contributed by atoms with van der Waals surface area (Å²) < 4.78 is 22.1. The predicted molar refractivity (Wildman–Crippen MR) is 123 cm³/mol. The number of aryl methyl sites for hydroxylation is 1. The number of alkyl carbamates (subject to hydrolysis) is 1. The van der Waals surface area contributed by atoms with E-state index in [-0.39, 0.29) is 0 Å². The van der Waals surface area contributed by atoms with Crippen LogP contribution in [0.1, 0.15) is 38.4 Å². The molecule has 1 N–H and O–H groups in total. The number of halogens is 1. The number of piperidine rings is 1. The van der Waals surface area contributed by atoms with Crippen LogP contribution >= 0.6 is 0 Å². The number of carbonyl (C=O) groups is 1. The molecule has 1 aliphatic rings. The maximum Gasteiger partial charge on any atom is 0.408 e. The second-order valence-electron chi connectivity index (χ2n) is 9.32. The standard InChI is InChI=1S/C24H30FN5O2/c1-16-9-10-17(26-13-16)14-30-21-8-6-5-7-19(21)27-22(30)29-12-11-18(25)20(15-29)28-23(31)32-24(2,3)4/h5-10,13,18,20H,11-12,14-15H2,1-4H3,(H,28,31)/t18-,20-/m1/s1. The number of carbonyl (C=O) groups excluding carboxylic acids is 1. The molecular formula is C24H30FN5O2. The fourth-order valence-electron chi connectivity index (χ4n) is 3.91. The summed E-state index contributed by atoms with van der Waals surface area (Å²) in [7, 11) is 0. The van der Waals surface area contributed by atoms with Crippen molar-refractivity contribution < 1.29 is 13.9 Å². The van der Waals surface area contributed by atoms with Crippen molar-refractivity contribution in [1.82, 2.24) is 19.9 Å². The number of benzene rings is 1. The number of alkyl halides is 1. The lowest BCUT2D eigenvalue weighted by Gasteiger charge is -2.36. The zero-order valence-corrected chi connectivity index (χ0v) is 19.0. The molecule has 0 saturated carbocycles. The first-order chi connectivity index (χ1) is 15.2. The number of rotatable bonds is 4. The fourth-order valence-corrected chi connectivity index (χ4v) is 3.91. The Balaban J connectivity index is 1.60. The summed E-state index contributed by atoms with van der Waals surface area (Å²) in [6.07, 6.45) is 0.399. The van der Waals surface area contributed by atoms with Crippen LogP contribution in [0.3, 0.4) is 0 Å². The Kier molecular flexibility index (Phi) is 6.04. The van der Waals surface area contributed by atoms with Gasteiger partial charge in [0.1, 0.15) is 11.8 Å². The molecule has 170 valence electrons. The molecule has 0 unspecified atom stereocenters. The lowest BCUT2D eigenvalue weighted by atomic mass is 10.0. The van der Waals surface area contributed by atoms with Gasteiger partial charge < -0.3 is 19.5 Å². The van der Waals surface area contributed by atoms with Crippen LogP contribution in [0.5, 0.6) is 0 Å². The third kappa shape index (κ3) is 5.00. The van der Waals surface area contributed by atoms with Crippen LogP contribution in [0.25, 0.3) is 11.0 Å². The maximum atomic E-state index is 14.7. The second kappa shape index (κ2) is 8.76. The zero-order valence-electron chi connectivity index (χ0n) is 19.0. The van der Waals surface area contributed by atoms with E-state index < -0.39 is 23.9 Å². The molecule has 1 aromatic carbocycles. The molecule has 1 amide bonds. The smallest absolute Gasteiger partial charge is 0.408 e. The molecule has 4 rings (SSSR count). The monoisotopic (exact) mass is 439 g/mol. The Bertz CT molecular complexity index is 1090. The molecule has 2 atom stereocenters. The number of ether oxygens (including phenoxy) is 1. The van der Waals surface area contributed by atoms with E-state index in [1.807, 2.05) is 54.4 Å². The van der Waals surface area contributed by atoms with E-state index in [1.54, 1.807) is 20.8 Å². The Morgan fingerprint density at radius 2 is 2.03 bits per heavy atom. The number of hydrogen-bond donors (Lipinski definition) is 1. The summed E-state index contributed by atoms with van der Waals surface area (Å²) >= 11 is 0. The third-order valence-electron chi connectivity index (χ3n) is 5.44. The van der Waals surface area contributed by atoms with Crippen LogP contribution in [-0.4, -0.2) is 51.5 Å². The number of hydrogen-bond acceptors (Lipinski definition) is 5. The quantitative estimate of drug-likeness (QED) is 0.659. The van der Waals surface area contributed by atoms with E-state index in [4.69, 9.17) is 9.72 Å². The van der Waals surface area contributed by atoms with Gasteiger partial charge in [-0.15, -0.1) is 0 Å². The van der Waals surface area contributed by atoms with E-state index >= 15 is 0 Å². The highest BCUT2D eigenvalue weighted by molar-refractivity contribution is 5.79. The molecule has 3 aromatic rings. The molecular weight excluding hydrogens is 409 g/mol. The van der Waals surface area contributed by atoms with Gasteiger partial charge in [0, 0.05) is 19.3 Å². The average Bonchev–Trinajstić information content (AvgIpc) is 3.08. The Labute approximate surface area is 187 Å². The van der Waals surface area contributed by atoms with Crippen molar-refractivity contribution in [2.45, 2.75) is 58.5 Å². The van der Waals surface area contributed by atoms with E-state index in [1.165, 1.54) is 0 Å². The first-order valence-electron chi connectivity index (χ1n) is 10.9. The van der Waals surface area contributed by atoms with Crippen molar-refractivity contribution in [3.63, 3.8) is 0 Å². The van der Waals surface area contributed by atoms with Gasteiger partial charge >= 0.3 is 6.09 Å². The molecule has 0 aliphatic carbocycles. The van der Waals surface area contributed by atoms with Crippen molar-refractivity contribution in [3.05, 3.63) is 53.9 Å². The number of fused-ring (bicyclic) bond motifs is 1. The SMILES string of the molecule is Cc1ccc(Cn2c(N3CC[C@@H](F)[C@H](NC(=O)OC(C)(C)C)C3)nc3ccccc32)nc1. The summed E-state index contributed by atoms with van der Waals surface area (Å²) in [4.78, 5) is 23.7. The summed E-state index contributed by atoms with van der Waals surface area (Å²) in [5.74, 6) is 0.747. The van der Waals surface area contributed by atoms with Crippen LogP contribution in [-0.2, 0) is 11.3 Å². The first kappa shape index (κ1) is 22.0. The normalized spacial score (nSPS) is 19.2. The molecule has 7 nitrogen and oxygen atoms in total. The maximum absolute atomic E-state index is 14.7. The number of nitrogens with zero attached hydrogens (tertiary/aromatic N) is 4. The molecule has 1 aliphatic heterocycles. The number of imidazole rings is 1. The van der Waals surface area contributed by atoms with Gasteiger partial charge in [-0.2, -0.15) is 0 Å². The van der Waals surface area contributed by atoms with Gasteiger partial charge in [-0.3, -0.25) is 4.98 Å². The molecule has 0 bridgehead atoms. The Morgan fingerprint density at radius 3 is 2.75 bits per heavy atom. The van der Waals surface area contributed by atoms with Crippen molar-refractivity contribution in [2.24, 2.45) is 0 Å². The number of pyridine rings is 1. The highest BCUT2D eigenvalue weighted by atomic mass is 19.1. The van der Waals surface area contributed by atoms with Gasteiger partial charge in [0.15, 0.2) is 0 Å². The van der Waals surface area contributed by atoms with Crippen molar-refractivity contribution in [3.8, 4) is 0 Å². The highest BCUT2D eigenvalue weighted by Crippen LogP contribution is 2.27. The van der Waals surface area contributed by atoms with Crippen molar-refractivity contribution in [1.29, 1.82) is 0 Å². The first-order valence-corrected chi connectivity index (χ1v) is 10.9. The minimum Gasteiger partial charge on any atom is -0.444 e. The zero-order chi connectivity index (χ0) is 22.9. The molecule has 1 fully saturated rings. The number of anilines is 1. The van der Waals surface area contributed by atoms with Gasteiger partial charge in [0.25, 0.3) is 0 Å². The molecule has 2 aromatic heterocycles. The van der Waals surface area contributed by atoms with E-state index in [2.05, 4.69) is 14.9 Å². The summed E-state index contributed by atoms with van der Waals surface area (Å²) in [5.41, 5.74) is 3.24. The number of aromatic nitrogens is 3. The third-order valence-corrected chi connectivity index (χ3v) is 5.44. The van der Waals surface area contributed by atoms with Crippen LogP contribution in [0.15, 0.2) is 42.6 Å². The Morgan fingerprint density at radius 1 is 1.25 bits per heavy atom. The summed E-state index contributed by atoms with van der Waals surface area (Å²) in [6, 6.07) is 11.3. The van der Waals surface area contributed by atoms with Gasteiger partial charge in [-0.05, 0) is 57.9 Å². The van der Waals surface area contributed by atoms with E-state index in [9.17, 15) is 9.18 Å². The molecule has 32 heavy (non-hydrogen) atoms. The van der Waals surface area contributed by atoms with Crippen LogP contribution in [0, 0.1) is 6.92 Å². The lowest BCUT2D eigenvalue weighted by molar-refractivity contribution is 0.0465. The van der Waals surface area contributed by atoms with Crippen LogP contribution in [0.4, 0.5) is 15.1 Å². The van der Waals surface area contributed by atoms with Gasteiger partial charge in [0.2, 0.25) is 5.95 Å². The molecule has 1 saturated heterocycles. The van der Waals surface area contributed by atoms with Gasteiger partial charge in [-0.1, -0.05) is 18.2 Å². The van der Waals surface area contributed by atoms with Crippen LogP contribution < -0.4 is 10.2 Å². The number of para-hydroxylation sites is 2. The van der Waals surface area contributed by atoms with Crippen molar-refractivity contribution in [2.75, 3.05) is 18.0 Å². The fraction of sp³-hybridized carbons (Fsp3) is 0.458. The largest absolute Gasteiger partial charge is 0.444 e. The lowest BCUT2D eigenvalue weighted by Crippen LogP contribution is -2.55. The topological polar surface area (TPSA) is 72.3 Å². The van der Waals surface area contributed by atoms with Crippen molar-refractivity contribution >= 4 is 23.1 Å². The predicted octanol–water partition coefficient (Wildman–Crippen LogP) is 4.23. The summed E-state index contributed by atoms with van der Waals surface area (Å²) in [5, 5.41) is 2.71. The Hall–Kier alpha value is -3.16.